The van der Waals surface area contributed by atoms with Gasteiger partial charge in [-0.05, 0) is 30.7 Å². The minimum atomic E-state index is -0.396. The van der Waals surface area contributed by atoms with Crippen molar-refractivity contribution in [3.63, 3.8) is 0 Å². The molecule has 0 aromatic carbocycles. The first-order valence-corrected chi connectivity index (χ1v) is 6.10. The van der Waals surface area contributed by atoms with Crippen LogP contribution in [0, 0.1) is 0 Å². The Morgan fingerprint density at radius 2 is 2.44 bits per heavy atom. The van der Waals surface area contributed by atoms with Crippen LogP contribution in [0.5, 0.6) is 0 Å². The van der Waals surface area contributed by atoms with E-state index in [9.17, 15) is 5.11 Å². The normalized spacial score (nSPS) is 13.0. The second kappa shape index (κ2) is 6.49. The fourth-order valence-corrected chi connectivity index (χ4v) is 1.93. The smallest absolute Gasteiger partial charge is 0.137 e. The molecule has 0 saturated heterocycles. The number of hydrogen-bond acceptors (Lipinski definition) is 4. The summed E-state index contributed by atoms with van der Waals surface area (Å²) in [5.74, 6) is 0. The number of pyridine rings is 1. The average Bonchev–Trinajstić information content (AvgIpc) is 2.78. The van der Waals surface area contributed by atoms with Crippen molar-refractivity contribution in [2.24, 2.45) is 0 Å². The predicted molar refractivity (Wildman–Crippen MR) is 70.3 cm³/mol. The molecule has 2 heterocycles. The van der Waals surface area contributed by atoms with E-state index in [1.54, 1.807) is 13.3 Å². The van der Waals surface area contributed by atoms with Crippen LogP contribution in [-0.4, -0.2) is 41.4 Å². The van der Waals surface area contributed by atoms with Gasteiger partial charge in [-0.2, -0.15) is 0 Å². The highest BCUT2D eigenvalue weighted by molar-refractivity contribution is 5.79. The van der Waals surface area contributed by atoms with Crippen molar-refractivity contribution in [3.8, 4) is 0 Å². The predicted octanol–water partition coefficient (Wildman–Crippen LogP) is 1.05. The fourth-order valence-electron chi connectivity index (χ4n) is 1.93. The van der Waals surface area contributed by atoms with Gasteiger partial charge in [0.1, 0.15) is 5.65 Å². The highest BCUT2D eigenvalue weighted by Gasteiger charge is 2.05. The number of aromatic amines is 1. The molecule has 18 heavy (non-hydrogen) atoms. The summed E-state index contributed by atoms with van der Waals surface area (Å²) in [5, 5.41) is 13.9. The molecule has 0 amide bonds. The van der Waals surface area contributed by atoms with E-state index in [1.165, 1.54) is 5.56 Å². The Hall–Kier alpha value is -1.43. The zero-order valence-corrected chi connectivity index (χ0v) is 10.5. The number of methoxy groups -OCH3 is 1. The molecule has 0 bridgehead atoms. The molecule has 1 atom stereocenters. The molecule has 3 N–H and O–H groups in total. The number of aromatic nitrogens is 2. The van der Waals surface area contributed by atoms with Gasteiger partial charge in [0, 0.05) is 31.4 Å². The quantitative estimate of drug-likeness (QED) is 0.641. The lowest BCUT2D eigenvalue weighted by molar-refractivity contribution is 0.0594. The van der Waals surface area contributed by atoms with Gasteiger partial charge in [0.15, 0.2) is 0 Å². The second-order valence-electron chi connectivity index (χ2n) is 4.29. The van der Waals surface area contributed by atoms with E-state index < -0.39 is 6.10 Å². The molecule has 0 aliphatic rings. The molecule has 98 valence electrons. The summed E-state index contributed by atoms with van der Waals surface area (Å²) in [7, 11) is 1.59. The van der Waals surface area contributed by atoms with Gasteiger partial charge in [0.25, 0.3) is 0 Å². The lowest BCUT2D eigenvalue weighted by Gasteiger charge is -2.09. The van der Waals surface area contributed by atoms with E-state index in [1.807, 2.05) is 12.3 Å². The van der Waals surface area contributed by atoms with Gasteiger partial charge in [-0.25, -0.2) is 4.98 Å². The van der Waals surface area contributed by atoms with Crippen LogP contribution in [0.2, 0.25) is 0 Å². The second-order valence-corrected chi connectivity index (χ2v) is 4.29. The van der Waals surface area contributed by atoms with Gasteiger partial charge in [-0.15, -0.1) is 0 Å². The minimum Gasteiger partial charge on any atom is -0.391 e. The number of H-pyrrole nitrogens is 1. The van der Waals surface area contributed by atoms with Crippen LogP contribution in [0.1, 0.15) is 12.0 Å². The fraction of sp³-hybridized carbons (Fsp3) is 0.462. The molecule has 2 aromatic rings. The third-order valence-electron chi connectivity index (χ3n) is 2.87. The molecule has 0 spiro atoms. The van der Waals surface area contributed by atoms with Crippen molar-refractivity contribution in [2.75, 3.05) is 20.3 Å². The maximum atomic E-state index is 9.50. The molecule has 0 aliphatic carbocycles. The maximum absolute atomic E-state index is 9.50. The van der Waals surface area contributed by atoms with Crippen LogP contribution in [0.4, 0.5) is 0 Å². The molecular formula is C13H19N3O2. The number of nitrogens with zero attached hydrogens (tertiary/aromatic N) is 1. The first-order chi connectivity index (χ1) is 8.81. The molecular weight excluding hydrogens is 230 g/mol. The van der Waals surface area contributed by atoms with Crippen LogP contribution in [-0.2, 0) is 11.3 Å². The van der Waals surface area contributed by atoms with Crippen LogP contribution in [0.15, 0.2) is 24.5 Å². The molecule has 0 radical (unpaired) electrons. The van der Waals surface area contributed by atoms with Crippen LogP contribution >= 0.6 is 0 Å². The molecule has 2 rings (SSSR count). The number of fused-ring (bicyclic) bond motifs is 1. The lowest BCUT2D eigenvalue weighted by Crippen LogP contribution is -2.22. The van der Waals surface area contributed by atoms with Gasteiger partial charge >= 0.3 is 0 Å². The van der Waals surface area contributed by atoms with Gasteiger partial charge in [0.2, 0.25) is 0 Å². The summed E-state index contributed by atoms with van der Waals surface area (Å²) in [5.41, 5.74) is 2.10. The van der Waals surface area contributed by atoms with E-state index in [2.05, 4.69) is 21.4 Å². The number of rotatable bonds is 7. The highest BCUT2D eigenvalue weighted by atomic mass is 16.5. The topological polar surface area (TPSA) is 70.2 Å². The van der Waals surface area contributed by atoms with Crippen LogP contribution < -0.4 is 5.32 Å². The van der Waals surface area contributed by atoms with Crippen molar-refractivity contribution in [2.45, 2.75) is 19.1 Å². The molecule has 5 heteroatoms. The molecule has 0 fully saturated rings. The van der Waals surface area contributed by atoms with Crippen molar-refractivity contribution in [1.29, 1.82) is 0 Å². The largest absolute Gasteiger partial charge is 0.391 e. The third kappa shape index (κ3) is 3.29. The van der Waals surface area contributed by atoms with Crippen LogP contribution in [0.3, 0.4) is 0 Å². The monoisotopic (exact) mass is 249 g/mol. The molecule has 1 unspecified atom stereocenters. The summed E-state index contributed by atoms with van der Waals surface area (Å²) in [6.07, 6.45) is 4.04. The Bertz CT molecular complexity index is 484. The Balaban J connectivity index is 1.80. The average molecular weight is 249 g/mol. The van der Waals surface area contributed by atoms with E-state index >= 15 is 0 Å². The molecule has 2 aromatic heterocycles. The Morgan fingerprint density at radius 3 is 3.28 bits per heavy atom. The zero-order valence-electron chi connectivity index (χ0n) is 10.5. The third-order valence-corrected chi connectivity index (χ3v) is 2.87. The van der Waals surface area contributed by atoms with E-state index in [4.69, 9.17) is 4.74 Å². The van der Waals surface area contributed by atoms with Gasteiger partial charge in [-0.3, -0.25) is 0 Å². The van der Waals surface area contributed by atoms with Gasteiger partial charge < -0.3 is 20.1 Å². The Morgan fingerprint density at radius 1 is 1.56 bits per heavy atom. The lowest BCUT2D eigenvalue weighted by atomic mass is 10.2. The summed E-state index contributed by atoms with van der Waals surface area (Å²) in [6, 6.07) is 3.98. The number of aliphatic hydroxyl groups excluding tert-OH is 1. The summed E-state index contributed by atoms with van der Waals surface area (Å²) >= 11 is 0. The van der Waals surface area contributed by atoms with E-state index in [-0.39, 0.29) is 0 Å². The maximum Gasteiger partial charge on any atom is 0.137 e. The van der Waals surface area contributed by atoms with Crippen LogP contribution in [0.25, 0.3) is 11.0 Å². The number of hydrogen-bond donors (Lipinski definition) is 3. The van der Waals surface area contributed by atoms with Gasteiger partial charge in [0.05, 0.1) is 12.7 Å². The standard InChI is InChI=1S/C13H19N3O2/c1-18-9-11(17)4-6-14-7-10-8-16-13-12(10)3-2-5-15-13/h2-3,5,8,11,14,17H,4,6-7,9H2,1H3,(H,15,16). The van der Waals surface area contributed by atoms with Crippen molar-refractivity contribution in [1.82, 2.24) is 15.3 Å². The van der Waals surface area contributed by atoms with Crippen molar-refractivity contribution < 1.29 is 9.84 Å². The molecule has 0 saturated carbocycles. The Labute approximate surface area is 106 Å². The van der Waals surface area contributed by atoms with Crippen molar-refractivity contribution in [3.05, 3.63) is 30.1 Å². The Kier molecular flexibility index (Phi) is 4.69. The summed E-state index contributed by atoms with van der Waals surface area (Å²) in [6.45, 7) is 1.92. The highest BCUT2D eigenvalue weighted by Crippen LogP contribution is 2.14. The summed E-state index contributed by atoms with van der Waals surface area (Å²) < 4.78 is 4.87. The number of aliphatic hydroxyl groups is 1. The zero-order chi connectivity index (χ0) is 12.8. The number of nitrogens with one attached hydrogen (secondary N) is 2. The summed E-state index contributed by atoms with van der Waals surface area (Å²) in [4.78, 5) is 7.38. The number of ether oxygens (including phenoxy) is 1. The first-order valence-electron chi connectivity index (χ1n) is 6.10. The van der Waals surface area contributed by atoms with Gasteiger partial charge in [-0.1, -0.05) is 0 Å². The first kappa shape index (κ1) is 13.0. The molecule has 5 nitrogen and oxygen atoms in total. The van der Waals surface area contributed by atoms with E-state index in [0.717, 1.165) is 24.1 Å². The SMILES string of the molecule is COCC(O)CCNCc1c[nH]c2ncccc12. The van der Waals surface area contributed by atoms with E-state index in [0.29, 0.717) is 13.0 Å². The van der Waals surface area contributed by atoms with Crippen molar-refractivity contribution >= 4 is 11.0 Å². The molecule has 0 aliphatic heterocycles. The minimum absolute atomic E-state index is 0.388.